The molecule has 3 aliphatic rings. The molecular weight excluding hydrogens is 460 g/mol. The molecule has 16 heteroatoms. The maximum absolute atomic E-state index is 9.78. The molecule has 1 unspecified atom stereocenters. The Hall–Kier alpha value is -0.640. The lowest BCUT2D eigenvalue weighted by molar-refractivity contribution is -0.325. The minimum Gasteiger partial charge on any atom is -0.394 e. The highest BCUT2D eigenvalue weighted by molar-refractivity contribution is 4.91. The topological polar surface area (TPSA) is 280 Å². The van der Waals surface area contributed by atoms with Gasteiger partial charge >= 0.3 is 0 Å². The summed E-state index contributed by atoms with van der Waals surface area (Å²) in [6, 6.07) is 0. The molecule has 0 aromatic carbocycles. The van der Waals surface area contributed by atoms with Crippen LogP contribution in [0.25, 0.3) is 0 Å². The molecule has 3 heterocycles. The maximum Gasteiger partial charge on any atom is 0.186 e. The van der Waals surface area contributed by atoms with Crippen molar-refractivity contribution in [2.75, 3.05) is 19.8 Å². The second-order valence-corrected chi connectivity index (χ2v) is 7.84. The molecule has 3 aliphatic heterocycles. The van der Waals surface area contributed by atoms with Gasteiger partial charge in [-0.1, -0.05) is 0 Å². The fraction of sp³-hybridized carbons (Fsp3) is 1.00. The van der Waals surface area contributed by atoms with Crippen molar-refractivity contribution in [1.29, 1.82) is 0 Å². The molecule has 0 aromatic rings. The summed E-state index contributed by atoms with van der Waals surface area (Å²) in [7, 11) is 0. The smallest absolute Gasteiger partial charge is 0.186 e. The largest absolute Gasteiger partial charge is 0.394 e. The summed E-state index contributed by atoms with van der Waals surface area (Å²) < 4.78 is 19.6. The van der Waals surface area contributed by atoms with E-state index in [4.69, 9.17) is 39.7 Å². The summed E-state index contributed by atoms with van der Waals surface area (Å²) in [5.41, 5.74) is 0. The molecule has 33 heavy (non-hydrogen) atoms. The zero-order valence-corrected chi connectivity index (χ0v) is 17.2. The van der Waals surface area contributed by atoms with E-state index in [1.807, 2.05) is 0 Å². The molecule has 0 bridgehead atoms. The van der Waals surface area contributed by atoms with Crippen molar-refractivity contribution >= 4 is 0 Å². The van der Waals surface area contributed by atoms with Crippen LogP contribution in [-0.2, 0) is 18.9 Å². The van der Waals surface area contributed by atoms with E-state index in [0.717, 1.165) is 0 Å². The fourth-order valence-corrected chi connectivity index (χ4v) is 3.25. The first-order valence-corrected chi connectivity index (χ1v) is 10.0. The zero-order chi connectivity index (χ0) is 25.0. The second-order valence-electron chi connectivity index (χ2n) is 7.84. The summed E-state index contributed by atoms with van der Waals surface area (Å²) in [6.07, 6.45) is -20.5. The van der Waals surface area contributed by atoms with Crippen LogP contribution in [0.4, 0.5) is 0 Å². The van der Waals surface area contributed by atoms with Crippen molar-refractivity contribution in [2.45, 2.75) is 86.0 Å². The maximum atomic E-state index is 9.78. The van der Waals surface area contributed by atoms with Crippen LogP contribution in [0.2, 0.25) is 0 Å². The molecule has 16 nitrogen and oxygen atoms in total. The van der Waals surface area contributed by atoms with E-state index in [0.29, 0.717) is 0 Å². The van der Waals surface area contributed by atoms with Gasteiger partial charge in [0.15, 0.2) is 18.9 Å². The van der Waals surface area contributed by atoms with Gasteiger partial charge in [0, 0.05) is 0 Å². The highest BCUT2D eigenvalue weighted by Gasteiger charge is 2.46. The summed E-state index contributed by atoms with van der Waals surface area (Å²) in [6.45, 7) is -1.25. The first-order chi connectivity index (χ1) is 15.4. The van der Waals surface area contributed by atoms with Crippen molar-refractivity contribution in [1.82, 2.24) is 0 Å². The van der Waals surface area contributed by atoms with Gasteiger partial charge in [-0.2, -0.15) is 0 Å². The summed E-state index contributed by atoms with van der Waals surface area (Å²) >= 11 is 0. The van der Waals surface area contributed by atoms with Crippen molar-refractivity contribution < 1.29 is 80.2 Å². The molecular formula is C17H32O16. The van der Waals surface area contributed by atoms with E-state index in [9.17, 15) is 35.7 Å². The number of hydrogen-bond donors (Lipinski definition) is 12. The SMILES string of the molecule is OC1OC[C@@H](O)[C@H](O)[C@H]1O.OC[C@H]1O[C@H](OC[C@H]2O[C@@H](O)[C@H](O)[C@@H](O)[C@@H]2O)[C@H](O)[C@@H](O)[C@H]1O. The van der Waals surface area contributed by atoms with Gasteiger partial charge in [0.1, 0.15) is 67.1 Å². The van der Waals surface area contributed by atoms with Crippen LogP contribution in [0.15, 0.2) is 0 Å². The fourth-order valence-electron chi connectivity index (χ4n) is 3.25. The van der Waals surface area contributed by atoms with E-state index in [1.54, 1.807) is 0 Å². The van der Waals surface area contributed by atoms with Gasteiger partial charge in [-0.05, 0) is 0 Å². The minimum atomic E-state index is -1.74. The summed E-state index contributed by atoms with van der Waals surface area (Å²) in [4.78, 5) is 0. The number of hydrogen-bond acceptors (Lipinski definition) is 16. The number of aliphatic hydroxyl groups excluding tert-OH is 12. The van der Waals surface area contributed by atoms with E-state index in [1.165, 1.54) is 0 Å². The molecule has 196 valence electrons. The predicted molar refractivity (Wildman–Crippen MR) is 98.6 cm³/mol. The first-order valence-electron chi connectivity index (χ1n) is 10.0. The Morgan fingerprint density at radius 2 is 1.12 bits per heavy atom. The third-order valence-electron chi connectivity index (χ3n) is 5.43. The van der Waals surface area contributed by atoms with Crippen molar-refractivity contribution in [3.8, 4) is 0 Å². The van der Waals surface area contributed by atoms with Crippen LogP contribution in [0.5, 0.6) is 0 Å². The Morgan fingerprint density at radius 3 is 1.70 bits per heavy atom. The third-order valence-corrected chi connectivity index (χ3v) is 5.43. The highest BCUT2D eigenvalue weighted by Crippen LogP contribution is 2.24. The van der Waals surface area contributed by atoms with Crippen LogP contribution < -0.4 is 0 Å². The molecule has 0 amide bonds. The van der Waals surface area contributed by atoms with Crippen molar-refractivity contribution in [2.24, 2.45) is 0 Å². The highest BCUT2D eigenvalue weighted by atomic mass is 16.7. The van der Waals surface area contributed by atoms with E-state index >= 15 is 0 Å². The Labute approximate surface area is 187 Å². The predicted octanol–water partition coefficient (Wildman–Crippen LogP) is -7.98. The van der Waals surface area contributed by atoms with Crippen LogP contribution in [0.3, 0.4) is 0 Å². The van der Waals surface area contributed by atoms with E-state index in [2.05, 4.69) is 4.74 Å². The second kappa shape index (κ2) is 12.4. The Kier molecular flexibility index (Phi) is 10.7. The summed E-state index contributed by atoms with van der Waals surface area (Å²) in [5.74, 6) is 0. The monoisotopic (exact) mass is 492 g/mol. The summed E-state index contributed by atoms with van der Waals surface area (Å²) in [5, 5.41) is 111. The van der Waals surface area contributed by atoms with Crippen LogP contribution in [0.1, 0.15) is 0 Å². The molecule has 12 N–H and O–H groups in total. The molecule has 0 aromatic heterocycles. The molecule has 0 radical (unpaired) electrons. The standard InChI is InChI=1S/C12H22O11.C5H10O5/c13-1-3-5(14)8(17)10(19)12(23-3)21-2-4-6(15)7(16)9(18)11(20)22-4;6-2-1-10-5(9)4(8)3(2)7/h3-20H,1-2H2;2-9H,1H2/t3-,4-,5+,6-,7+,8+,9-,10-,11-,12+;2-,3+,4-,5?/m11/s1. The van der Waals surface area contributed by atoms with Crippen LogP contribution >= 0.6 is 0 Å². The van der Waals surface area contributed by atoms with Gasteiger partial charge in [0.2, 0.25) is 0 Å². The number of ether oxygens (including phenoxy) is 4. The third kappa shape index (κ3) is 6.73. The van der Waals surface area contributed by atoms with Gasteiger partial charge in [-0.25, -0.2) is 0 Å². The van der Waals surface area contributed by atoms with Gasteiger partial charge in [-0.3, -0.25) is 0 Å². The normalized spacial score (nSPS) is 50.9. The lowest BCUT2D eigenvalue weighted by atomic mass is 9.98. The van der Waals surface area contributed by atoms with E-state index in [-0.39, 0.29) is 6.61 Å². The molecule has 0 spiro atoms. The van der Waals surface area contributed by atoms with Crippen molar-refractivity contribution in [3.63, 3.8) is 0 Å². The average Bonchev–Trinajstić information content (AvgIpc) is 2.80. The Balaban J connectivity index is 0.000000321. The number of rotatable bonds is 4. The molecule has 3 rings (SSSR count). The lowest BCUT2D eigenvalue weighted by Crippen LogP contribution is -2.61. The van der Waals surface area contributed by atoms with Gasteiger partial charge in [0.05, 0.1) is 19.8 Å². The first kappa shape index (κ1) is 28.6. The van der Waals surface area contributed by atoms with Gasteiger partial charge < -0.3 is 80.2 Å². The van der Waals surface area contributed by atoms with E-state index < -0.39 is 99.2 Å². The Bertz CT molecular complexity index is 567. The van der Waals surface area contributed by atoms with Crippen molar-refractivity contribution in [3.05, 3.63) is 0 Å². The molecule has 0 saturated carbocycles. The number of aliphatic hydroxyl groups is 12. The quantitative estimate of drug-likeness (QED) is 0.173. The molecule has 0 aliphatic carbocycles. The molecule has 3 fully saturated rings. The Morgan fingerprint density at radius 1 is 0.576 bits per heavy atom. The average molecular weight is 492 g/mol. The molecule has 3 saturated heterocycles. The van der Waals surface area contributed by atoms with Crippen LogP contribution in [0, 0.1) is 0 Å². The van der Waals surface area contributed by atoms with Gasteiger partial charge in [0.25, 0.3) is 0 Å². The van der Waals surface area contributed by atoms with Gasteiger partial charge in [-0.15, -0.1) is 0 Å². The van der Waals surface area contributed by atoms with Crippen LogP contribution in [-0.4, -0.2) is 167 Å². The molecule has 14 atom stereocenters. The lowest BCUT2D eigenvalue weighted by Gasteiger charge is -2.41. The zero-order valence-electron chi connectivity index (χ0n) is 17.2. The minimum absolute atomic E-state index is 0.153.